The summed E-state index contributed by atoms with van der Waals surface area (Å²) in [5.74, 6) is 1.34. The highest BCUT2D eigenvalue weighted by atomic mass is 16.5. The summed E-state index contributed by atoms with van der Waals surface area (Å²) < 4.78 is 19.0. The first-order chi connectivity index (χ1) is 20.4. The van der Waals surface area contributed by atoms with Crippen LogP contribution in [0, 0.1) is 0 Å². The van der Waals surface area contributed by atoms with Gasteiger partial charge in [-0.1, -0.05) is 12.1 Å². The van der Waals surface area contributed by atoms with E-state index in [1.165, 1.54) is 15.7 Å². The Kier molecular flexibility index (Phi) is 8.53. The zero-order valence-electron chi connectivity index (χ0n) is 23.2. The quantitative estimate of drug-likeness (QED) is 0.230. The van der Waals surface area contributed by atoms with Gasteiger partial charge in [-0.25, -0.2) is 14.6 Å². The fourth-order valence-corrected chi connectivity index (χ4v) is 4.60. The van der Waals surface area contributed by atoms with Crippen LogP contribution in [0.5, 0.6) is 17.2 Å². The molecule has 3 amide bonds. The Bertz CT molecular complexity index is 1600. The molecule has 1 saturated heterocycles. The zero-order chi connectivity index (χ0) is 29.6. The van der Waals surface area contributed by atoms with E-state index in [0.717, 1.165) is 10.9 Å². The Hall–Kier alpha value is -5.10. The summed E-state index contributed by atoms with van der Waals surface area (Å²) in [6, 6.07) is 15.4. The molecule has 218 valence electrons. The molecule has 3 heterocycles. The number of pyridine rings is 1. The summed E-state index contributed by atoms with van der Waals surface area (Å²) in [6.07, 6.45) is 2.27. The van der Waals surface area contributed by atoms with Gasteiger partial charge in [-0.15, -0.1) is 0 Å². The second kappa shape index (κ2) is 12.6. The molecule has 4 aromatic rings. The molecule has 42 heavy (non-hydrogen) atoms. The highest BCUT2D eigenvalue weighted by molar-refractivity contribution is 6.03. The van der Waals surface area contributed by atoms with Gasteiger partial charge in [0, 0.05) is 68.1 Å². The van der Waals surface area contributed by atoms with Crippen molar-refractivity contribution in [2.45, 2.75) is 12.8 Å². The maximum Gasteiger partial charge on any atom is 0.407 e. The van der Waals surface area contributed by atoms with Gasteiger partial charge in [-0.3, -0.25) is 9.36 Å². The molecule has 1 fully saturated rings. The van der Waals surface area contributed by atoms with Crippen LogP contribution in [0.15, 0.2) is 67.0 Å². The van der Waals surface area contributed by atoms with E-state index in [1.54, 1.807) is 55.7 Å². The first-order valence-electron chi connectivity index (χ1n) is 13.5. The number of carbonyl (C=O) groups excluding carboxylic acids is 2. The van der Waals surface area contributed by atoms with Gasteiger partial charge in [0.1, 0.15) is 18.2 Å². The first-order valence-corrected chi connectivity index (χ1v) is 13.5. The molecule has 1 aliphatic rings. The Labute approximate surface area is 241 Å². The van der Waals surface area contributed by atoms with Crippen molar-refractivity contribution in [1.82, 2.24) is 19.8 Å². The number of nitrogens with zero attached hydrogens (tertiary/aromatic N) is 3. The molecule has 0 saturated carbocycles. The number of fused-ring (bicyclic) bond motifs is 1. The third kappa shape index (κ3) is 6.28. The van der Waals surface area contributed by atoms with Crippen LogP contribution < -0.4 is 20.1 Å². The molecule has 0 radical (unpaired) electrons. The van der Waals surface area contributed by atoms with Crippen LogP contribution in [0.2, 0.25) is 0 Å². The predicted molar refractivity (Wildman–Crippen MR) is 155 cm³/mol. The number of rotatable bonds is 10. The van der Waals surface area contributed by atoms with Crippen LogP contribution in [-0.2, 0) is 4.74 Å². The van der Waals surface area contributed by atoms with Gasteiger partial charge >= 0.3 is 12.1 Å². The average molecular weight is 574 g/mol. The van der Waals surface area contributed by atoms with Crippen LogP contribution in [0.25, 0.3) is 10.9 Å². The minimum Gasteiger partial charge on any atom is -0.487 e. The van der Waals surface area contributed by atoms with Crippen molar-refractivity contribution in [1.29, 1.82) is 0 Å². The maximum absolute atomic E-state index is 12.9. The third-order valence-electron chi connectivity index (χ3n) is 6.87. The topological polar surface area (TPSA) is 144 Å². The SMILES string of the molecule is CCOCCOc1cc2c(ccn2C(=O)NC)cc1Oc1ccnc(NC(=O)c2ccc(C3CN(C(=O)O)C3)cc2)c1. The van der Waals surface area contributed by atoms with E-state index in [-0.39, 0.29) is 24.5 Å². The summed E-state index contributed by atoms with van der Waals surface area (Å²) in [6.45, 7) is 4.03. The van der Waals surface area contributed by atoms with E-state index < -0.39 is 6.09 Å². The van der Waals surface area contributed by atoms with Crippen LogP contribution >= 0.6 is 0 Å². The number of carboxylic acid groups (broad SMARTS) is 1. The van der Waals surface area contributed by atoms with E-state index in [9.17, 15) is 14.4 Å². The molecule has 3 N–H and O–H groups in total. The van der Waals surface area contributed by atoms with Crippen molar-refractivity contribution in [2.75, 3.05) is 45.3 Å². The highest BCUT2D eigenvalue weighted by Crippen LogP contribution is 2.37. The summed E-state index contributed by atoms with van der Waals surface area (Å²) in [5, 5.41) is 15.2. The van der Waals surface area contributed by atoms with E-state index in [1.807, 2.05) is 19.1 Å². The minimum atomic E-state index is -0.924. The fourth-order valence-electron chi connectivity index (χ4n) is 4.60. The number of benzene rings is 2. The Balaban J connectivity index is 1.30. The second-order valence-electron chi connectivity index (χ2n) is 9.58. The number of amides is 3. The van der Waals surface area contributed by atoms with Gasteiger partial charge in [-0.2, -0.15) is 0 Å². The van der Waals surface area contributed by atoms with Gasteiger partial charge in [0.25, 0.3) is 5.91 Å². The molecular weight excluding hydrogens is 542 g/mol. The Morgan fingerprint density at radius 1 is 1.02 bits per heavy atom. The number of hydrogen-bond donors (Lipinski definition) is 3. The summed E-state index contributed by atoms with van der Waals surface area (Å²) in [5.41, 5.74) is 2.08. The van der Waals surface area contributed by atoms with Gasteiger partial charge in [-0.05, 0) is 42.8 Å². The molecule has 2 aromatic heterocycles. The van der Waals surface area contributed by atoms with Crippen LogP contribution in [0.1, 0.15) is 28.8 Å². The molecule has 12 heteroatoms. The number of ether oxygens (including phenoxy) is 3. The van der Waals surface area contributed by atoms with Crippen LogP contribution in [0.4, 0.5) is 15.4 Å². The van der Waals surface area contributed by atoms with E-state index in [0.29, 0.717) is 60.4 Å². The normalized spacial score (nSPS) is 13.0. The largest absolute Gasteiger partial charge is 0.487 e. The second-order valence-corrected chi connectivity index (χ2v) is 9.58. The monoisotopic (exact) mass is 573 g/mol. The van der Waals surface area contributed by atoms with Crippen LogP contribution in [-0.4, -0.2) is 77.5 Å². The van der Waals surface area contributed by atoms with Crippen LogP contribution in [0.3, 0.4) is 0 Å². The molecule has 5 rings (SSSR count). The molecule has 0 spiro atoms. The van der Waals surface area contributed by atoms with Crippen molar-refractivity contribution >= 4 is 34.8 Å². The number of aromatic nitrogens is 2. The number of likely N-dealkylation sites (tertiary alicyclic amines) is 1. The van der Waals surface area contributed by atoms with Crippen molar-refractivity contribution < 1.29 is 33.7 Å². The van der Waals surface area contributed by atoms with Crippen molar-refractivity contribution in [3.05, 3.63) is 78.1 Å². The standard InChI is InChI=1S/C30H31N5O7/c1-3-40-12-13-41-25-16-24-21(9-11-35(24)29(37)31-2)14-26(25)42-23-8-10-32-27(15-23)33-28(36)20-6-4-19(5-7-20)22-17-34(18-22)30(38)39/h4-11,14-16,22H,3,12-13,17-18H2,1-2H3,(H,31,37)(H,38,39)(H,32,33,36). The minimum absolute atomic E-state index is 0.128. The molecule has 12 nitrogen and oxygen atoms in total. The molecule has 0 bridgehead atoms. The zero-order valence-corrected chi connectivity index (χ0v) is 23.2. The molecule has 0 unspecified atom stereocenters. The molecular formula is C30H31N5O7. The summed E-state index contributed by atoms with van der Waals surface area (Å²) in [4.78, 5) is 41.8. The van der Waals surface area contributed by atoms with E-state index in [4.69, 9.17) is 19.3 Å². The first kappa shape index (κ1) is 28.4. The van der Waals surface area contributed by atoms with E-state index >= 15 is 0 Å². The predicted octanol–water partition coefficient (Wildman–Crippen LogP) is 4.76. The maximum atomic E-state index is 12.9. The fraction of sp³-hybridized carbons (Fsp3) is 0.267. The Morgan fingerprint density at radius 3 is 2.52 bits per heavy atom. The number of anilines is 1. The lowest BCUT2D eigenvalue weighted by atomic mass is 9.91. The summed E-state index contributed by atoms with van der Waals surface area (Å²) in [7, 11) is 1.56. The van der Waals surface area contributed by atoms with Crippen molar-refractivity contribution in [3.63, 3.8) is 0 Å². The molecule has 2 aromatic carbocycles. The lowest BCUT2D eigenvalue weighted by Gasteiger charge is -2.37. The number of carbonyl (C=O) groups is 3. The molecule has 0 aliphatic carbocycles. The number of nitrogens with one attached hydrogen (secondary N) is 2. The van der Waals surface area contributed by atoms with E-state index in [2.05, 4.69) is 15.6 Å². The number of hydrogen-bond acceptors (Lipinski definition) is 7. The lowest BCUT2D eigenvalue weighted by Crippen LogP contribution is -2.47. The third-order valence-corrected chi connectivity index (χ3v) is 6.87. The average Bonchev–Trinajstić information content (AvgIpc) is 3.37. The molecule has 1 aliphatic heterocycles. The van der Waals surface area contributed by atoms with Gasteiger partial charge in [0.2, 0.25) is 0 Å². The molecule has 0 atom stereocenters. The van der Waals surface area contributed by atoms with Gasteiger partial charge < -0.3 is 34.9 Å². The highest BCUT2D eigenvalue weighted by Gasteiger charge is 2.31. The Morgan fingerprint density at radius 2 is 1.81 bits per heavy atom. The van der Waals surface area contributed by atoms with Gasteiger partial charge in [0.05, 0.1) is 12.1 Å². The smallest absolute Gasteiger partial charge is 0.407 e. The lowest BCUT2D eigenvalue weighted by molar-refractivity contribution is 0.102. The van der Waals surface area contributed by atoms with Crippen molar-refractivity contribution in [2.24, 2.45) is 0 Å². The van der Waals surface area contributed by atoms with Crippen molar-refractivity contribution in [3.8, 4) is 17.2 Å². The summed E-state index contributed by atoms with van der Waals surface area (Å²) >= 11 is 0. The van der Waals surface area contributed by atoms with Gasteiger partial charge in [0.15, 0.2) is 11.5 Å².